The van der Waals surface area contributed by atoms with Gasteiger partial charge < -0.3 is 4.90 Å². The Kier molecular flexibility index (Phi) is 4.31. The Bertz CT molecular complexity index is 590. The number of hydrogen-bond acceptors (Lipinski definition) is 2. The molecular weight excluding hydrogens is 250 g/mol. The van der Waals surface area contributed by atoms with Gasteiger partial charge in [-0.25, -0.2) is 0 Å². The second-order valence-corrected chi connectivity index (χ2v) is 4.76. The summed E-state index contributed by atoms with van der Waals surface area (Å²) in [5, 5.41) is 0. The van der Waals surface area contributed by atoms with Crippen LogP contribution in [0.25, 0.3) is 0 Å². The Hall–Kier alpha value is -2.42. The Balaban J connectivity index is 2.19. The molecule has 1 unspecified atom stereocenters. The molecule has 0 saturated heterocycles. The van der Waals surface area contributed by atoms with Gasteiger partial charge in [-0.15, -0.1) is 0 Å². The van der Waals surface area contributed by atoms with Crippen LogP contribution in [0.4, 0.5) is 5.69 Å². The Morgan fingerprint density at radius 3 is 2.20 bits per heavy atom. The minimum Gasteiger partial charge on any atom is -0.318 e. The first-order valence-electron chi connectivity index (χ1n) is 6.51. The summed E-state index contributed by atoms with van der Waals surface area (Å²) in [5.74, 6) is -0.0950. The van der Waals surface area contributed by atoms with Crippen molar-refractivity contribution in [2.45, 2.75) is 12.8 Å². The Morgan fingerprint density at radius 1 is 1.05 bits per heavy atom. The highest BCUT2D eigenvalue weighted by Crippen LogP contribution is 2.21. The number of rotatable bonds is 5. The quantitative estimate of drug-likeness (QED) is 0.616. The van der Waals surface area contributed by atoms with Gasteiger partial charge in [0.2, 0.25) is 6.41 Å². The molecule has 0 spiro atoms. The molecule has 3 heteroatoms. The molecule has 3 nitrogen and oxygen atoms in total. The molecule has 0 aliphatic rings. The van der Waals surface area contributed by atoms with Gasteiger partial charge in [-0.2, -0.15) is 0 Å². The van der Waals surface area contributed by atoms with Gasteiger partial charge in [-0.1, -0.05) is 37.3 Å². The van der Waals surface area contributed by atoms with Crippen LogP contribution in [0.2, 0.25) is 0 Å². The van der Waals surface area contributed by atoms with Gasteiger partial charge in [-0.3, -0.25) is 9.59 Å². The molecule has 0 aliphatic carbocycles. The Morgan fingerprint density at radius 2 is 1.65 bits per heavy atom. The van der Waals surface area contributed by atoms with E-state index in [2.05, 4.69) is 0 Å². The predicted octanol–water partition coefficient (Wildman–Crippen LogP) is 3.27. The molecule has 0 bridgehead atoms. The van der Waals surface area contributed by atoms with Crippen LogP contribution < -0.4 is 4.90 Å². The normalized spacial score (nSPS) is 11.7. The van der Waals surface area contributed by atoms with E-state index in [1.165, 1.54) is 4.90 Å². The molecule has 0 fully saturated rings. The number of anilines is 1. The van der Waals surface area contributed by atoms with Crippen LogP contribution in [0.5, 0.6) is 0 Å². The van der Waals surface area contributed by atoms with Crippen molar-refractivity contribution in [2.24, 2.45) is 0 Å². The first-order valence-corrected chi connectivity index (χ1v) is 6.51. The van der Waals surface area contributed by atoms with Gasteiger partial charge >= 0.3 is 0 Å². The number of nitrogens with zero attached hydrogens (tertiary/aromatic N) is 1. The van der Waals surface area contributed by atoms with Gasteiger partial charge in [0, 0.05) is 24.2 Å². The fourth-order valence-electron chi connectivity index (χ4n) is 2.06. The van der Waals surface area contributed by atoms with Crippen LogP contribution in [-0.4, -0.2) is 19.2 Å². The molecule has 0 saturated carbocycles. The molecule has 1 amide bonds. The van der Waals surface area contributed by atoms with Gasteiger partial charge in [0.15, 0.2) is 5.78 Å². The number of hydrogen-bond donors (Lipinski definition) is 0. The van der Waals surface area contributed by atoms with Crippen molar-refractivity contribution in [3.8, 4) is 0 Å². The van der Waals surface area contributed by atoms with E-state index in [1.54, 1.807) is 31.3 Å². The molecule has 0 radical (unpaired) electrons. The number of benzene rings is 2. The maximum atomic E-state index is 12.4. The zero-order valence-electron chi connectivity index (χ0n) is 11.6. The summed E-state index contributed by atoms with van der Waals surface area (Å²) >= 11 is 0. The van der Waals surface area contributed by atoms with Crippen molar-refractivity contribution in [3.63, 3.8) is 0 Å². The van der Waals surface area contributed by atoms with Gasteiger partial charge in [0.1, 0.15) is 0 Å². The Labute approximate surface area is 118 Å². The van der Waals surface area contributed by atoms with E-state index >= 15 is 0 Å². The van der Waals surface area contributed by atoms with Crippen LogP contribution >= 0.6 is 0 Å². The molecule has 0 aromatic heterocycles. The van der Waals surface area contributed by atoms with E-state index in [0.717, 1.165) is 17.7 Å². The highest BCUT2D eigenvalue weighted by atomic mass is 16.1. The zero-order chi connectivity index (χ0) is 14.5. The predicted molar refractivity (Wildman–Crippen MR) is 80.1 cm³/mol. The molecule has 2 aromatic rings. The van der Waals surface area contributed by atoms with Crippen molar-refractivity contribution in [2.75, 3.05) is 11.9 Å². The fourth-order valence-corrected chi connectivity index (χ4v) is 2.06. The van der Waals surface area contributed by atoms with Crippen molar-refractivity contribution in [3.05, 3.63) is 65.7 Å². The topological polar surface area (TPSA) is 37.4 Å². The van der Waals surface area contributed by atoms with Crippen LogP contribution in [-0.2, 0) is 4.79 Å². The molecule has 2 aromatic carbocycles. The van der Waals surface area contributed by atoms with E-state index in [4.69, 9.17) is 0 Å². The maximum Gasteiger partial charge on any atom is 0.213 e. The van der Waals surface area contributed by atoms with E-state index in [9.17, 15) is 9.59 Å². The molecule has 102 valence electrons. The van der Waals surface area contributed by atoms with Crippen LogP contribution in [0.3, 0.4) is 0 Å². The molecule has 20 heavy (non-hydrogen) atoms. The fraction of sp³-hybridized carbons (Fsp3) is 0.176. The number of ketones is 1. The lowest BCUT2D eigenvalue weighted by Crippen LogP contribution is -2.14. The zero-order valence-corrected chi connectivity index (χ0v) is 11.6. The summed E-state index contributed by atoms with van der Waals surface area (Å²) < 4.78 is 0. The number of Topliss-reactive ketones (excluding diaryl/α,β-unsaturated/α-hetero) is 1. The highest BCUT2D eigenvalue weighted by molar-refractivity contribution is 6.01. The van der Waals surface area contributed by atoms with E-state index < -0.39 is 0 Å². The maximum absolute atomic E-state index is 12.4. The summed E-state index contributed by atoms with van der Waals surface area (Å²) in [7, 11) is 1.68. The first kappa shape index (κ1) is 14.0. The lowest BCUT2D eigenvalue weighted by atomic mass is 9.92. The molecule has 0 heterocycles. The van der Waals surface area contributed by atoms with Gasteiger partial charge in [0.25, 0.3) is 0 Å². The van der Waals surface area contributed by atoms with Crippen LogP contribution in [0.15, 0.2) is 54.6 Å². The third-order valence-electron chi connectivity index (χ3n) is 3.41. The minimum absolute atomic E-state index is 0.0801. The summed E-state index contributed by atoms with van der Waals surface area (Å²) in [6.45, 7) is 1.91. The smallest absolute Gasteiger partial charge is 0.213 e. The van der Waals surface area contributed by atoms with Gasteiger partial charge in [-0.05, 0) is 29.8 Å². The van der Waals surface area contributed by atoms with E-state index in [0.29, 0.717) is 5.56 Å². The number of amides is 1. The molecular formula is C17H17NO2. The lowest BCUT2D eigenvalue weighted by molar-refractivity contribution is -0.107. The van der Waals surface area contributed by atoms with Crippen molar-refractivity contribution in [1.82, 2.24) is 0 Å². The summed E-state index contributed by atoms with van der Waals surface area (Å²) in [6.07, 6.45) is 0.740. The third-order valence-corrected chi connectivity index (χ3v) is 3.41. The first-order chi connectivity index (χ1) is 9.63. The molecule has 2 rings (SSSR count). The average Bonchev–Trinajstić information content (AvgIpc) is 2.53. The number of carbonyl (C=O) groups excluding carboxylic acids is 2. The van der Waals surface area contributed by atoms with E-state index in [1.807, 2.05) is 37.3 Å². The molecule has 0 aliphatic heterocycles. The summed E-state index contributed by atoms with van der Waals surface area (Å²) in [4.78, 5) is 24.6. The summed E-state index contributed by atoms with van der Waals surface area (Å²) in [6, 6.07) is 16.8. The SMILES string of the molecule is CC(C(=O)c1ccc(N(C)C=O)cc1)c1ccccc1. The lowest BCUT2D eigenvalue weighted by Gasteiger charge is -2.13. The molecule has 0 N–H and O–H groups in total. The number of carbonyl (C=O) groups is 2. The van der Waals surface area contributed by atoms with Gasteiger partial charge in [0.05, 0.1) is 0 Å². The summed E-state index contributed by atoms with van der Waals surface area (Å²) in [5.41, 5.74) is 2.43. The monoisotopic (exact) mass is 267 g/mol. The third kappa shape index (κ3) is 2.94. The van der Waals surface area contributed by atoms with Crippen LogP contribution in [0.1, 0.15) is 28.8 Å². The second-order valence-electron chi connectivity index (χ2n) is 4.76. The second kappa shape index (κ2) is 6.15. The standard InChI is InChI=1S/C17H17NO2/c1-13(14-6-4-3-5-7-14)17(20)15-8-10-16(11-9-15)18(2)12-19/h3-13H,1-2H3. The van der Waals surface area contributed by atoms with Crippen LogP contribution in [0, 0.1) is 0 Å². The average molecular weight is 267 g/mol. The largest absolute Gasteiger partial charge is 0.318 e. The van der Waals surface area contributed by atoms with E-state index in [-0.39, 0.29) is 11.7 Å². The van der Waals surface area contributed by atoms with Crippen molar-refractivity contribution >= 4 is 17.9 Å². The van der Waals surface area contributed by atoms with Crippen molar-refractivity contribution < 1.29 is 9.59 Å². The van der Waals surface area contributed by atoms with Crippen molar-refractivity contribution in [1.29, 1.82) is 0 Å². The highest BCUT2D eigenvalue weighted by Gasteiger charge is 2.16. The minimum atomic E-state index is -0.175. The molecule has 1 atom stereocenters.